The Hall–Kier alpha value is -3.06. The summed E-state index contributed by atoms with van der Waals surface area (Å²) in [4.78, 5) is 25.3. The monoisotopic (exact) mass is 399 g/mol. The van der Waals surface area contributed by atoms with Crippen LogP contribution >= 0.6 is 0 Å². The first-order valence-corrected chi connectivity index (χ1v) is 9.18. The van der Waals surface area contributed by atoms with Crippen LogP contribution in [-0.4, -0.2) is 45.4 Å². The predicted molar refractivity (Wildman–Crippen MR) is 109 cm³/mol. The molecule has 1 heterocycles. The second kappa shape index (κ2) is 8.13. The van der Waals surface area contributed by atoms with Gasteiger partial charge in [-0.1, -0.05) is 6.07 Å². The van der Waals surface area contributed by atoms with Gasteiger partial charge in [0.25, 0.3) is 0 Å². The number of ketones is 1. The molecule has 0 amide bonds. The number of fused-ring (bicyclic) bond motifs is 1. The Bertz CT molecular complexity index is 951. The third-order valence-corrected chi connectivity index (χ3v) is 4.99. The van der Waals surface area contributed by atoms with Crippen LogP contribution in [0.1, 0.15) is 29.8 Å². The summed E-state index contributed by atoms with van der Waals surface area (Å²) >= 11 is 0. The Morgan fingerprint density at radius 3 is 2.48 bits per heavy atom. The van der Waals surface area contributed by atoms with Crippen LogP contribution in [0.3, 0.4) is 0 Å². The molecule has 2 aromatic carbocycles. The standard InChI is InChI=1S/C22H25NO6/c1-22(2)19(24)11-16-17(23-22)9-8-15(20(16)21(25)28-5)14-7-6-13(29-12-26-3)10-18(14)27-4/h6-10,23H,11-12H2,1-5H3. The molecule has 7 nitrogen and oxygen atoms in total. The molecule has 29 heavy (non-hydrogen) atoms. The van der Waals surface area contributed by atoms with Gasteiger partial charge in [-0.15, -0.1) is 0 Å². The van der Waals surface area contributed by atoms with E-state index < -0.39 is 11.5 Å². The zero-order valence-corrected chi connectivity index (χ0v) is 17.3. The Morgan fingerprint density at radius 1 is 1.10 bits per heavy atom. The van der Waals surface area contributed by atoms with Gasteiger partial charge >= 0.3 is 5.97 Å². The molecule has 0 bridgehead atoms. The second-order valence-corrected chi connectivity index (χ2v) is 7.27. The molecule has 0 aromatic heterocycles. The molecule has 0 spiro atoms. The maximum absolute atomic E-state index is 12.7. The van der Waals surface area contributed by atoms with Crippen molar-refractivity contribution in [3.8, 4) is 22.6 Å². The minimum absolute atomic E-state index is 0.00239. The van der Waals surface area contributed by atoms with Crippen LogP contribution in [0.5, 0.6) is 11.5 Å². The third-order valence-electron chi connectivity index (χ3n) is 4.99. The maximum atomic E-state index is 12.7. The molecule has 0 unspecified atom stereocenters. The fraction of sp³-hybridized carbons (Fsp3) is 0.364. The molecule has 0 fully saturated rings. The third kappa shape index (κ3) is 3.91. The topological polar surface area (TPSA) is 83.1 Å². The molecule has 0 radical (unpaired) electrons. The molecule has 2 aromatic rings. The SMILES string of the molecule is COCOc1ccc(-c2ccc3c(c2C(=O)OC)CC(=O)C(C)(C)N3)c(OC)c1. The molecule has 3 rings (SSSR count). The zero-order valence-electron chi connectivity index (χ0n) is 17.3. The summed E-state index contributed by atoms with van der Waals surface area (Å²) < 4.78 is 21.0. The summed E-state index contributed by atoms with van der Waals surface area (Å²) in [5.41, 5.74) is 2.35. The summed E-state index contributed by atoms with van der Waals surface area (Å²) in [6, 6.07) is 9.00. The van der Waals surface area contributed by atoms with Gasteiger partial charge in [-0.3, -0.25) is 4.79 Å². The molecule has 0 saturated heterocycles. The Kier molecular flexibility index (Phi) is 5.79. The number of hydrogen-bond acceptors (Lipinski definition) is 7. The van der Waals surface area contributed by atoms with Crippen LogP contribution in [0.15, 0.2) is 30.3 Å². The number of Topliss-reactive ketones (excluding diaryl/α,β-unsaturated/α-hetero) is 1. The summed E-state index contributed by atoms with van der Waals surface area (Å²) in [7, 11) is 4.41. The number of esters is 1. The number of methoxy groups -OCH3 is 3. The van der Waals surface area contributed by atoms with Crippen LogP contribution < -0.4 is 14.8 Å². The Balaban J connectivity index is 2.17. The smallest absolute Gasteiger partial charge is 0.338 e. The lowest BCUT2D eigenvalue weighted by Crippen LogP contribution is -2.45. The van der Waals surface area contributed by atoms with Crippen molar-refractivity contribution in [1.29, 1.82) is 0 Å². The number of hydrogen-bond donors (Lipinski definition) is 1. The molecule has 1 aliphatic rings. The average Bonchev–Trinajstić information content (AvgIpc) is 2.71. The van der Waals surface area contributed by atoms with E-state index in [1.165, 1.54) is 14.2 Å². The molecule has 0 aliphatic carbocycles. The molecule has 1 aliphatic heterocycles. The molecular formula is C22H25NO6. The van der Waals surface area contributed by atoms with E-state index in [0.717, 1.165) is 5.69 Å². The van der Waals surface area contributed by atoms with E-state index in [-0.39, 0.29) is 19.0 Å². The average molecular weight is 399 g/mol. The largest absolute Gasteiger partial charge is 0.496 e. The molecule has 7 heteroatoms. The summed E-state index contributed by atoms with van der Waals surface area (Å²) in [5.74, 6) is 0.596. The van der Waals surface area contributed by atoms with Crippen molar-refractivity contribution in [2.24, 2.45) is 0 Å². The van der Waals surface area contributed by atoms with Gasteiger partial charge in [0.05, 0.1) is 25.3 Å². The minimum Gasteiger partial charge on any atom is -0.496 e. The van der Waals surface area contributed by atoms with Gasteiger partial charge < -0.3 is 24.3 Å². The van der Waals surface area contributed by atoms with E-state index in [1.807, 2.05) is 26.0 Å². The normalized spacial score (nSPS) is 14.6. The van der Waals surface area contributed by atoms with Gasteiger partial charge in [0, 0.05) is 36.4 Å². The van der Waals surface area contributed by atoms with Crippen LogP contribution in [0.4, 0.5) is 5.69 Å². The highest BCUT2D eigenvalue weighted by molar-refractivity contribution is 6.06. The summed E-state index contributed by atoms with van der Waals surface area (Å²) in [6.07, 6.45) is 0.144. The number of benzene rings is 2. The summed E-state index contributed by atoms with van der Waals surface area (Å²) in [6.45, 7) is 3.76. The number of ether oxygens (including phenoxy) is 4. The lowest BCUT2D eigenvalue weighted by Gasteiger charge is -2.33. The second-order valence-electron chi connectivity index (χ2n) is 7.27. The van der Waals surface area contributed by atoms with Crippen LogP contribution in [0, 0.1) is 0 Å². The lowest BCUT2D eigenvalue weighted by atomic mass is 9.83. The van der Waals surface area contributed by atoms with Crippen LogP contribution in [-0.2, 0) is 20.7 Å². The molecule has 0 saturated carbocycles. The van der Waals surface area contributed by atoms with Crippen molar-refractivity contribution < 1.29 is 28.5 Å². The lowest BCUT2D eigenvalue weighted by molar-refractivity contribution is -0.122. The number of nitrogens with one attached hydrogen (secondary N) is 1. The van der Waals surface area contributed by atoms with Crippen molar-refractivity contribution in [1.82, 2.24) is 0 Å². The quantitative estimate of drug-likeness (QED) is 0.588. The predicted octanol–water partition coefficient (Wildman–Crippen LogP) is 3.45. The van der Waals surface area contributed by atoms with E-state index in [9.17, 15) is 9.59 Å². The van der Waals surface area contributed by atoms with E-state index in [2.05, 4.69) is 5.32 Å². The minimum atomic E-state index is -0.695. The first-order chi connectivity index (χ1) is 13.8. The highest BCUT2D eigenvalue weighted by atomic mass is 16.7. The van der Waals surface area contributed by atoms with Gasteiger partial charge in [0.15, 0.2) is 12.6 Å². The highest BCUT2D eigenvalue weighted by Gasteiger charge is 2.36. The number of carbonyl (C=O) groups is 2. The van der Waals surface area contributed by atoms with Crippen molar-refractivity contribution in [2.45, 2.75) is 25.8 Å². The first kappa shape index (κ1) is 20.7. The van der Waals surface area contributed by atoms with Crippen molar-refractivity contribution in [3.05, 3.63) is 41.5 Å². The van der Waals surface area contributed by atoms with E-state index >= 15 is 0 Å². The van der Waals surface area contributed by atoms with Gasteiger partial charge in [-0.25, -0.2) is 4.79 Å². The van der Waals surface area contributed by atoms with E-state index in [4.69, 9.17) is 18.9 Å². The zero-order chi connectivity index (χ0) is 21.2. The van der Waals surface area contributed by atoms with Crippen molar-refractivity contribution in [3.63, 3.8) is 0 Å². The van der Waals surface area contributed by atoms with Gasteiger partial charge in [-0.2, -0.15) is 0 Å². The molecule has 154 valence electrons. The van der Waals surface area contributed by atoms with Crippen LogP contribution in [0.2, 0.25) is 0 Å². The van der Waals surface area contributed by atoms with Crippen molar-refractivity contribution >= 4 is 17.4 Å². The number of anilines is 1. The molecule has 0 atom stereocenters. The fourth-order valence-electron chi connectivity index (χ4n) is 3.41. The van der Waals surface area contributed by atoms with Crippen LogP contribution in [0.25, 0.3) is 11.1 Å². The first-order valence-electron chi connectivity index (χ1n) is 9.18. The van der Waals surface area contributed by atoms with E-state index in [0.29, 0.717) is 33.8 Å². The van der Waals surface area contributed by atoms with Gasteiger partial charge in [0.2, 0.25) is 0 Å². The van der Waals surface area contributed by atoms with Gasteiger partial charge in [-0.05, 0) is 37.6 Å². The summed E-state index contributed by atoms with van der Waals surface area (Å²) in [5, 5.41) is 3.22. The van der Waals surface area contributed by atoms with Gasteiger partial charge in [0.1, 0.15) is 11.5 Å². The molecular weight excluding hydrogens is 374 g/mol. The fourth-order valence-corrected chi connectivity index (χ4v) is 3.41. The number of carbonyl (C=O) groups excluding carboxylic acids is 2. The number of rotatable bonds is 6. The maximum Gasteiger partial charge on any atom is 0.338 e. The Morgan fingerprint density at radius 2 is 1.83 bits per heavy atom. The Labute approximate surface area is 169 Å². The van der Waals surface area contributed by atoms with E-state index in [1.54, 1.807) is 25.3 Å². The van der Waals surface area contributed by atoms with Crippen molar-refractivity contribution in [2.75, 3.05) is 33.4 Å². The molecule has 1 N–H and O–H groups in total. The highest BCUT2D eigenvalue weighted by Crippen LogP contribution is 2.40.